The zero-order valence-electron chi connectivity index (χ0n) is 9.32. The number of hydrogen-bond donors (Lipinski definition) is 1. The fraction of sp³-hybridized carbons (Fsp3) is 0.444. The van der Waals surface area contributed by atoms with Crippen molar-refractivity contribution in [3.05, 3.63) is 23.0 Å². The van der Waals surface area contributed by atoms with E-state index in [2.05, 4.69) is 9.72 Å². The van der Waals surface area contributed by atoms with Crippen LogP contribution in [0.5, 0.6) is 5.75 Å². The second-order valence-corrected chi connectivity index (χ2v) is 3.42. The quantitative estimate of drug-likeness (QED) is 0.871. The minimum Gasteiger partial charge on any atom is -0.405 e. The Hall–Kier alpha value is -1.65. The maximum absolute atomic E-state index is 12.6. The van der Waals surface area contributed by atoms with Crippen molar-refractivity contribution in [2.75, 3.05) is 0 Å². The summed E-state index contributed by atoms with van der Waals surface area (Å²) < 4.78 is 102. The van der Waals surface area contributed by atoms with Crippen LogP contribution < -0.4 is 10.5 Å². The number of nitrogens with two attached hydrogens (primary N) is 1. The summed E-state index contributed by atoms with van der Waals surface area (Å²) in [6.45, 7) is -1.02. The molecule has 2 N–H and O–H groups in total. The summed E-state index contributed by atoms with van der Waals surface area (Å²) >= 11 is 0. The highest BCUT2D eigenvalue weighted by atomic mass is 19.4. The second-order valence-electron chi connectivity index (χ2n) is 3.42. The summed E-state index contributed by atoms with van der Waals surface area (Å²) in [6, 6.07) is 0.0790. The van der Waals surface area contributed by atoms with Crippen molar-refractivity contribution >= 4 is 0 Å². The summed E-state index contributed by atoms with van der Waals surface area (Å²) in [7, 11) is 0. The lowest BCUT2D eigenvalue weighted by molar-refractivity contribution is -0.275. The number of nitrogens with zero attached hydrogens (tertiary/aromatic N) is 1. The van der Waals surface area contributed by atoms with Gasteiger partial charge in [0.2, 0.25) is 0 Å². The average molecular weight is 310 g/mol. The molecule has 0 fully saturated rings. The van der Waals surface area contributed by atoms with E-state index >= 15 is 0 Å². The van der Waals surface area contributed by atoms with E-state index < -0.39 is 48.2 Å². The Morgan fingerprint density at radius 1 is 1.15 bits per heavy atom. The predicted octanol–water partition coefficient (Wildman–Crippen LogP) is 3.40. The molecule has 1 aromatic heterocycles. The zero-order chi connectivity index (χ0) is 15.7. The Bertz CT molecular complexity index is 482. The number of ether oxygens (including phenoxy) is 1. The minimum absolute atomic E-state index is 0.0790. The summed E-state index contributed by atoms with van der Waals surface area (Å²) in [4.78, 5) is 2.60. The molecule has 0 atom stereocenters. The molecule has 20 heavy (non-hydrogen) atoms. The van der Waals surface area contributed by atoms with E-state index in [1.54, 1.807) is 0 Å². The van der Waals surface area contributed by atoms with Crippen molar-refractivity contribution < 1.29 is 39.9 Å². The number of rotatable bonds is 3. The molecular weight excluding hydrogens is 304 g/mol. The van der Waals surface area contributed by atoms with E-state index in [0.717, 1.165) is 0 Å². The Morgan fingerprint density at radius 3 is 2.05 bits per heavy atom. The Balaban J connectivity index is 3.51. The van der Waals surface area contributed by atoms with Crippen molar-refractivity contribution in [3.63, 3.8) is 0 Å². The Morgan fingerprint density at radius 2 is 1.70 bits per heavy atom. The molecule has 0 spiro atoms. The number of aromatic nitrogens is 1. The van der Waals surface area contributed by atoms with E-state index in [1.807, 2.05) is 0 Å². The lowest BCUT2D eigenvalue weighted by Crippen LogP contribution is -2.22. The first-order chi connectivity index (χ1) is 8.95. The van der Waals surface area contributed by atoms with Gasteiger partial charge in [-0.3, -0.25) is 0 Å². The largest absolute Gasteiger partial charge is 0.573 e. The number of hydrogen-bond acceptors (Lipinski definition) is 3. The molecule has 1 heterocycles. The summed E-state index contributed by atoms with van der Waals surface area (Å²) in [5, 5.41) is 0. The first kappa shape index (κ1) is 16.4. The highest BCUT2D eigenvalue weighted by Crippen LogP contribution is 2.38. The first-order valence-electron chi connectivity index (χ1n) is 4.80. The lowest BCUT2D eigenvalue weighted by atomic mass is 10.1. The molecule has 0 saturated carbocycles. The van der Waals surface area contributed by atoms with Crippen LogP contribution in [0.4, 0.5) is 35.1 Å². The van der Waals surface area contributed by atoms with Crippen LogP contribution in [0.1, 0.15) is 23.4 Å². The maximum atomic E-state index is 12.6. The van der Waals surface area contributed by atoms with Crippen LogP contribution in [0.3, 0.4) is 0 Å². The van der Waals surface area contributed by atoms with Crippen molar-refractivity contribution in [1.29, 1.82) is 0 Å². The van der Waals surface area contributed by atoms with Crippen LogP contribution in [-0.4, -0.2) is 11.3 Å². The molecule has 0 aliphatic carbocycles. The van der Waals surface area contributed by atoms with Crippen molar-refractivity contribution in [2.24, 2.45) is 5.73 Å². The van der Waals surface area contributed by atoms with Gasteiger partial charge >= 0.3 is 12.5 Å². The third-order valence-corrected chi connectivity index (χ3v) is 2.03. The maximum Gasteiger partial charge on any atom is 0.573 e. The van der Waals surface area contributed by atoms with Crippen molar-refractivity contribution in [3.8, 4) is 5.75 Å². The van der Waals surface area contributed by atoms with Gasteiger partial charge in [-0.2, -0.15) is 13.2 Å². The normalized spacial score (nSPS) is 12.9. The molecule has 114 valence electrons. The van der Waals surface area contributed by atoms with Crippen LogP contribution in [0.2, 0.25) is 0 Å². The molecule has 1 aromatic rings. The van der Waals surface area contributed by atoms with E-state index in [9.17, 15) is 35.1 Å². The fourth-order valence-electron chi connectivity index (χ4n) is 1.33. The molecule has 3 nitrogen and oxygen atoms in total. The molecule has 11 heteroatoms. The molecule has 0 aliphatic rings. The smallest absolute Gasteiger partial charge is 0.405 e. The van der Waals surface area contributed by atoms with Gasteiger partial charge in [0, 0.05) is 18.2 Å². The van der Waals surface area contributed by atoms with Crippen LogP contribution >= 0.6 is 0 Å². The number of pyridine rings is 1. The van der Waals surface area contributed by atoms with Gasteiger partial charge in [-0.05, 0) is 0 Å². The Kier molecular flexibility index (Phi) is 4.42. The van der Waals surface area contributed by atoms with E-state index in [0.29, 0.717) is 0 Å². The molecule has 0 amide bonds. The molecule has 0 unspecified atom stereocenters. The molecule has 0 radical (unpaired) electrons. The van der Waals surface area contributed by atoms with Gasteiger partial charge in [0.1, 0.15) is 11.4 Å². The van der Waals surface area contributed by atoms with Gasteiger partial charge in [-0.1, -0.05) is 0 Å². The van der Waals surface area contributed by atoms with Gasteiger partial charge < -0.3 is 10.5 Å². The summed E-state index contributed by atoms with van der Waals surface area (Å²) in [6.07, 6.45) is -14.1. The minimum atomic E-state index is -5.35. The van der Waals surface area contributed by atoms with Crippen LogP contribution in [-0.2, 0) is 12.7 Å². The monoisotopic (exact) mass is 310 g/mol. The molecule has 0 aliphatic heterocycles. The number of alkyl halides is 8. The topological polar surface area (TPSA) is 48.1 Å². The summed E-state index contributed by atoms with van der Waals surface area (Å²) in [5.74, 6) is -1.45. The standard InChI is InChI=1S/C9H6F8N2O/c10-7(11)4-1-5(20-9(15,16)17)3(2-18)6(19-4)8(12,13)14/h1,7H,2,18H2. The zero-order valence-corrected chi connectivity index (χ0v) is 9.32. The van der Waals surface area contributed by atoms with Crippen molar-refractivity contribution in [2.45, 2.75) is 25.5 Å². The Labute approximate surface area is 106 Å². The van der Waals surface area contributed by atoms with Crippen molar-refractivity contribution in [1.82, 2.24) is 4.98 Å². The molecule has 1 rings (SSSR count). The van der Waals surface area contributed by atoms with Gasteiger partial charge in [0.05, 0.1) is 0 Å². The van der Waals surface area contributed by atoms with E-state index in [-0.39, 0.29) is 6.07 Å². The average Bonchev–Trinajstić information content (AvgIpc) is 2.24. The third-order valence-electron chi connectivity index (χ3n) is 2.03. The molecular formula is C9H6F8N2O. The summed E-state index contributed by atoms with van der Waals surface area (Å²) in [5.41, 5.74) is 0.340. The van der Waals surface area contributed by atoms with Gasteiger partial charge in [-0.25, -0.2) is 13.8 Å². The van der Waals surface area contributed by atoms with E-state index in [1.165, 1.54) is 0 Å². The number of halogens is 8. The van der Waals surface area contributed by atoms with Crippen LogP contribution in [0.25, 0.3) is 0 Å². The van der Waals surface area contributed by atoms with Gasteiger partial charge in [0.15, 0.2) is 5.69 Å². The van der Waals surface area contributed by atoms with Crippen LogP contribution in [0.15, 0.2) is 6.07 Å². The fourth-order valence-corrected chi connectivity index (χ4v) is 1.33. The SMILES string of the molecule is NCc1c(OC(F)(F)F)cc(C(F)F)nc1C(F)(F)F. The van der Waals surface area contributed by atoms with E-state index in [4.69, 9.17) is 5.73 Å². The molecule has 0 bridgehead atoms. The predicted molar refractivity (Wildman–Crippen MR) is 48.8 cm³/mol. The van der Waals surface area contributed by atoms with Crippen LogP contribution in [0, 0.1) is 0 Å². The van der Waals surface area contributed by atoms with Gasteiger partial charge in [0.25, 0.3) is 6.43 Å². The van der Waals surface area contributed by atoms with Gasteiger partial charge in [-0.15, -0.1) is 13.2 Å². The lowest BCUT2D eigenvalue weighted by Gasteiger charge is -2.18. The highest BCUT2D eigenvalue weighted by Gasteiger charge is 2.40. The highest BCUT2D eigenvalue weighted by molar-refractivity contribution is 5.40. The first-order valence-corrected chi connectivity index (χ1v) is 4.80. The third kappa shape index (κ3) is 3.92. The molecule has 0 saturated heterocycles. The second kappa shape index (κ2) is 5.38. The molecule has 0 aromatic carbocycles.